The lowest BCUT2D eigenvalue weighted by Gasteiger charge is -2.27. The van der Waals surface area contributed by atoms with Crippen LogP contribution in [0.5, 0.6) is 11.5 Å². The fourth-order valence-corrected chi connectivity index (χ4v) is 6.30. The highest BCUT2D eigenvalue weighted by atomic mass is 16.5. The molecule has 0 aliphatic heterocycles. The number of primary amides is 1. The highest BCUT2D eigenvalue weighted by molar-refractivity contribution is 6.10. The number of hydrogen-bond donors (Lipinski definition) is 3. The second-order valence-electron chi connectivity index (χ2n) is 12.4. The number of anilines is 2. The van der Waals surface area contributed by atoms with Gasteiger partial charge in [-0.05, 0) is 83.4 Å². The number of fused-ring (bicyclic) bond motifs is 3. The molecule has 0 atom stereocenters. The van der Waals surface area contributed by atoms with E-state index in [4.69, 9.17) is 30.9 Å². The molecule has 0 unspecified atom stereocenters. The van der Waals surface area contributed by atoms with Gasteiger partial charge in [0.2, 0.25) is 5.91 Å². The molecule has 14 nitrogen and oxygen atoms in total. The highest BCUT2D eigenvalue weighted by Gasteiger charge is 2.21. The third kappa shape index (κ3) is 8.39. The van der Waals surface area contributed by atoms with Crippen LogP contribution in [-0.4, -0.2) is 83.6 Å². The van der Waals surface area contributed by atoms with Crippen LogP contribution in [0, 0.1) is 6.92 Å². The molecule has 2 aromatic carbocycles. The number of aldehydes is 1. The van der Waals surface area contributed by atoms with Gasteiger partial charge in [0.15, 0.2) is 5.82 Å². The van der Waals surface area contributed by atoms with E-state index in [-0.39, 0.29) is 5.56 Å². The molecule has 0 bridgehead atoms. The zero-order valence-electron chi connectivity index (χ0n) is 31.1. The van der Waals surface area contributed by atoms with Crippen molar-refractivity contribution in [1.82, 2.24) is 29.6 Å². The fourth-order valence-electron chi connectivity index (χ4n) is 6.30. The standard InChI is InChI=1S/C39H48N10O4/c1-7-28(43-5)12-16-47(36-31(40)21-27(37(41)51)22-34(36)53-17-11-13-42-4)14-9-10-15-48-35-29(19-26(24-50)20-33(35)52-6)30-23-44-38(45-39(30)48)32-18-25(3)46-49(32)8-2/h9-10,12,18-24,42H,5,7-8,11,13-17,40H2,1-4,6H3,(H2,41,51)/b10-9+,28-12+. The number of benzene rings is 2. The molecule has 0 spiro atoms. The van der Waals surface area contributed by atoms with Gasteiger partial charge in [-0.15, -0.1) is 0 Å². The number of nitrogens with one attached hydrogen (secondary N) is 1. The minimum absolute atomic E-state index is 0.263. The number of nitrogens with two attached hydrogens (primary N) is 2. The normalized spacial score (nSPS) is 11.8. The number of carbonyl (C=O) groups is 2. The van der Waals surface area contributed by atoms with Crippen molar-refractivity contribution >= 4 is 52.2 Å². The summed E-state index contributed by atoms with van der Waals surface area (Å²) in [4.78, 5) is 40.1. The summed E-state index contributed by atoms with van der Waals surface area (Å²) in [5, 5.41) is 9.30. The summed E-state index contributed by atoms with van der Waals surface area (Å²) in [6, 6.07) is 8.74. The lowest BCUT2D eigenvalue weighted by molar-refractivity contribution is 0.0999. The first-order chi connectivity index (χ1) is 25.7. The molecular weight excluding hydrogens is 672 g/mol. The summed E-state index contributed by atoms with van der Waals surface area (Å²) in [7, 11) is 3.46. The maximum Gasteiger partial charge on any atom is 0.248 e. The van der Waals surface area contributed by atoms with Gasteiger partial charge in [0, 0.05) is 60.0 Å². The molecule has 0 saturated carbocycles. The fraction of sp³-hybridized carbons (Fsp3) is 0.333. The van der Waals surface area contributed by atoms with E-state index < -0.39 is 5.91 Å². The van der Waals surface area contributed by atoms with Crippen LogP contribution >= 0.6 is 0 Å². The Balaban J connectivity index is 1.58. The molecule has 0 aliphatic rings. The first-order valence-electron chi connectivity index (χ1n) is 17.6. The van der Waals surface area contributed by atoms with E-state index in [9.17, 15) is 9.59 Å². The summed E-state index contributed by atoms with van der Waals surface area (Å²) in [5.41, 5.74) is 18.0. The third-order valence-electron chi connectivity index (χ3n) is 8.90. The molecule has 5 rings (SSSR count). The van der Waals surface area contributed by atoms with Gasteiger partial charge in [0.25, 0.3) is 0 Å². The van der Waals surface area contributed by atoms with E-state index in [1.54, 1.807) is 31.5 Å². The summed E-state index contributed by atoms with van der Waals surface area (Å²) in [5.74, 6) is 0.956. The van der Waals surface area contributed by atoms with Crippen molar-refractivity contribution in [3.8, 4) is 23.0 Å². The lowest BCUT2D eigenvalue weighted by atomic mass is 10.1. The van der Waals surface area contributed by atoms with Crippen LogP contribution in [-0.2, 0) is 13.1 Å². The van der Waals surface area contributed by atoms with Crippen molar-refractivity contribution in [2.75, 3.05) is 51.0 Å². The highest BCUT2D eigenvalue weighted by Crippen LogP contribution is 2.38. The summed E-state index contributed by atoms with van der Waals surface area (Å²) >= 11 is 0. The number of rotatable bonds is 19. The Bertz CT molecular complexity index is 2180. The van der Waals surface area contributed by atoms with Gasteiger partial charge in [0.05, 0.1) is 30.6 Å². The van der Waals surface area contributed by atoms with Crippen LogP contribution < -0.4 is 31.2 Å². The van der Waals surface area contributed by atoms with Crippen molar-refractivity contribution in [1.29, 1.82) is 0 Å². The molecule has 5 aromatic rings. The number of nitrogen functional groups attached to an aromatic ring is 1. The van der Waals surface area contributed by atoms with Gasteiger partial charge in [0.1, 0.15) is 34.8 Å². The zero-order valence-corrected chi connectivity index (χ0v) is 31.1. The average Bonchev–Trinajstić information content (AvgIpc) is 3.70. The number of nitrogens with zero attached hydrogens (tertiary/aromatic N) is 7. The van der Waals surface area contributed by atoms with Crippen LogP contribution in [0.2, 0.25) is 0 Å². The second kappa shape index (κ2) is 17.5. The number of amides is 1. The number of aliphatic imine (C=N–C) groups is 1. The molecule has 0 radical (unpaired) electrons. The monoisotopic (exact) mass is 720 g/mol. The Kier molecular flexibility index (Phi) is 12.6. The Morgan fingerprint density at radius 2 is 1.92 bits per heavy atom. The first kappa shape index (κ1) is 38.2. The number of methoxy groups -OCH3 is 1. The maximum absolute atomic E-state index is 12.2. The number of aryl methyl sites for hydroxylation is 2. The number of allylic oxidation sites excluding steroid dienone is 2. The van der Waals surface area contributed by atoms with Crippen molar-refractivity contribution in [3.63, 3.8) is 0 Å². The summed E-state index contributed by atoms with van der Waals surface area (Å²) < 4.78 is 16.0. The smallest absolute Gasteiger partial charge is 0.248 e. The molecule has 5 N–H and O–H groups in total. The van der Waals surface area contributed by atoms with Gasteiger partial charge in [-0.3, -0.25) is 19.3 Å². The molecule has 14 heteroatoms. The maximum atomic E-state index is 12.2. The summed E-state index contributed by atoms with van der Waals surface area (Å²) in [6.45, 7) is 12.8. The predicted molar refractivity (Wildman–Crippen MR) is 211 cm³/mol. The van der Waals surface area contributed by atoms with E-state index in [2.05, 4.69) is 31.6 Å². The zero-order chi connectivity index (χ0) is 38.1. The van der Waals surface area contributed by atoms with Gasteiger partial charge >= 0.3 is 0 Å². The van der Waals surface area contributed by atoms with Crippen LogP contribution in [0.15, 0.2) is 65.4 Å². The van der Waals surface area contributed by atoms with Crippen LogP contribution in [0.3, 0.4) is 0 Å². The molecule has 0 fully saturated rings. The molecule has 0 saturated heterocycles. The van der Waals surface area contributed by atoms with Crippen molar-refractivity contribution in [2.24, 2.45) is 10.7 Å². The summed E-state index contributed by atoms with van der Waals surface area (Å²) in [6.07, 6.45) is 10.1. The SMILES string of the molecule is C=N/C(=C/CN(C/C=C/Cn1c2nc(-c3cc(C)nn3CC)ncc2c2cc(C=O)cc(OC)c21)c1c(N)cc(C(N)=O)cc1OCCCNC)CC. The van der Waals surface area contributed by atoms with Gasteiger partial charge in [-0.25, -0.2) is 9.97 Å². The number of aromatic nitrogens is 5. The van der Waals surface area contributed by atoms with Crippen molar-refractivity contribution in [2.45, 2.75) is 46.7 Å². The molecule has 278 valence electrons. The van der Waals surface area contributed by atoms with Crippen LogP contribution in [0.1, 0.15) is 53.1 Å². The topological polar surface area (TPSA) is 181 Å². The van der Waals surface area contributed by atoms with Gasteiger partial charge in [-0.1, -0.05) is 19.1 Å². The molecule has 3 aromatic heterocycles. The number of carbonyl (C=O) groups excluding carboxylic acids is 2. The average molecular weight is 721 g/mol. The Morgan fingerprint density at radius 3 is 2.60 bits per heavy atom. The molecular formula is C39H48N10O4. The molecule has 53 heavy (non-hydrogen) atoms. The lowest BCUT2D eigenvalue weighted by Crippen LogP contribution is -2.26. The molecule has 3 heterocycles. The number of ether oxygens (including phenoxy) is 2. The predicted octanol–water partition coefficient (Wildman–Crippen LogP) is 5.32. The second-order valence-corrected chi connectivity index (χ2v) is 12.4. The van der Waals surface area contributed by atoms with Gasteiger partial charge in [-0.2, -0.15) is 5.10 Å². The Labute approximate surface area is 309 Å². The Hall–Kier alpha value is -6.02. The van der Waals surface area contributed by atoms with Crippen molar-refractivity contribution < 1.29 is 19.1 Å². The molecule has 1 amide bonds. The quantitative estimate of drug-likeness (QED) is 0.0332. The van der Waals surface area contributed by atoms with E-state index >= 15 is 0 Å². The van der Waals surface area contributed by atoms with E-state index in [1.165, 1.54) is 0 Å². The van der Waals surface area contributed by atoms with Crippen molar-refractivity contribution in [3.05, 3.63) is 77.3 Å². The largest absolute Gasteiger partial charge is 0.495 e. The van der Waals surface area contributed by atoms with E-state index in [1.807, 2.05) is 62.9 Å². The third-order valence-corrected chi connectivity index (χ3v) is 8.90. The minimum atomic E-state index is -0.595. The number of hydrogen-bond acceptors (Lipinski definition) is 11. The Morgan fingerprint density at radius 1 is 1.11 bits per heavy atom. The molecule has 0 aliphatic carbocycles. The minimum Gasteiger partial charge on any atom is -0.495 e. The van der Waals surface area contributed by atoms with E-state index in [0.717, 1.165) is 52.6 Å². The first-order valence-corrected chi connectivity index (χ1v) is 17.6. The van der Waals surface area contributed by atoms with E-state index in [0.29, 0.717) is 79.1 Å². The van der Waals surface area contributed by atoms with Crippen LogP contribution in [0.25, 0.3) is 33.5 Å². The van der Waals surface area contributed by atoms with Gasteiger partial charge < -0.3 is 35.7 Å². The van der Waals surface area contributed by atoms with Crippen LogP contribution in [0.4, 0.5) is 11.4 Å².